The van der Waals surface area contributed by atoms with Crippen LogP contribution in [0.1, 0.15) is 431 Å². The van der Waals surface area contributed by atoms with Gasteiger partial charge in [0.1, 0.15) is 0 Å². The van der Waals surface area contributed by atoms with Crippen molar-refractivity contribution in [2.75, 3.05) is 13.2 Å². The van der Waals surface area contributed by atoms with Crippen molar-refractivity contribution in [2.24, 2.45) is 0 Å². The van der Waals surface area contributed by atoms with Gasteiger partial charge in [0.2, 0.25) is 5.91 Å². The van der Waals surface area contributed by atoms with Crippen LogP contribution in [-0.4, -0.2) is 47.4 Å². The summed E-state index contributed by atoms with van der Waals surface area (Å²) in [5.41, 5.74) is 0. The fourth-order valence-electron chi connectivity index (χ4n) is 12.2. The second-order valence-electron chi connectivity index (χ2n) is 26.7. The number of carbonyl (C=O) groups excluding carboxylic acids is 2. The third kappa shape index (κ3) is 71.0. The predicted octanol–water partition coefficient (Wildman–Crippen LogP) is 25.4. The Labute approximate surface area is 532 Å². The van der Waals surface area contributed by atoms with Gasteiger partial charge in [-0.1, -0.05) is 378 Å². The third-order valence-electron chi connectivity index (χ3n) is 18.2. The highest BCUT2D eigenvalue weighted by Crippen LogP contribution is 2.20. The lowest BCUT2D eigenvalue weighted by atomic mass is 10.0. The van der Waals surface area contributed by atoms with E-state index in [1.165, 1.54) is 347 Å². The lowest BCUT2D eigenvalue weighted by Crippen LogP contribution is -2.45. The van der Waals surface area contributed by atoms with Crippen molar-refractivity contribution in [1.29, 1.82) is 0 Å². The lowest BCUT2D eigenvalue weighted by molar-refractivity contribution is -0.143. The second kappa shape index (κ2) is 74.5. The zero-order valence-electron chi connectivity index (χ0n) is 57.6. The first-order chi connectivity index (χ1) is 42.0. The molecular weight excluding hydrogens is 1040 g/mol. The molecule has 0 aliphatic heterocycles. The van der Waals surface area contributed by atoms with Gasteiger partial charge in [0, 0.05) is 12.8 Å². The van der Waals surface area contributed by atoms with Gasteiger partial charge in [-0.2, -0.15) is 0 Å². The van der Waals surface area contributed by atoms with Crippen LogP contribution in [0.5, 0.6) is 0 Å². The minimum Gasteiger partial charge on any atom is -0.466 e. The number of esters is 1. The summed E-state index contributed by atoms with van der Waals surface area (Å²) in [6.45, 7) is 4.95. The number of nitrogens with one attached hydrogen (secondary N) is 1. The predicted molar refractivity (Wildman–Crippen MR) is 375 cm³/mol. The number of hydrogen-bond donors (Lipinski definition) is 3. The molecule has 0 aromatic carbocycles. The molecule has 0 bridgehead atoms. The van der Waals surface area contributed by atoms with Crippen molar-refractivity contribution in [2.45, 2.75) is 443 Å². The van der Waals surface area contributed by atoms with E-state index in [4.69, 9.17) is 4.74 Å². The molecule has 6 heteroatoms. The van der Waals surface area contributed by atoms with Crippen molar-refractivity contribution in [3.63, 3.8) is 0 Å². The summed E-state index contributed by atoms with van der Waals surface area (Å²) < 4.78 is 5.48. The maximum atomic E-state index is 12.6. The highest BCUT2D eigenvalue weighted by atomic mass is 16.5. The van der Waals surface area contributed by atoms with E-state index in [-0.39, 0.29) is 18.5 Å². The summed E-state index contributed by atoms with van der Waals surface area (Å²) in [4.78, 5) is 24.6. The minimum absolute atomic E-state index is 0.00413. The van der Waals surface area contributed by atoms with Crippen LogP contribution in [0.3, 0.4) is 0 Å². The molecule has 0 aromatic rings. The number of unbranched alkanes of at least 4 members (excludes halogenated alkanes) is 56. The number of rotatable bonds is 73. The average molecular weight is 1200 g/mol. The highest BCUT2D eigenvalue weighted by Gasteiger charge is 2.20. The summed E-state index contributed by atoms with van der Waals surface area (Å²) in [6, 6.07) is -0.541. The molecule has 85 heavy (non-hydrogen) atoms. The molecule has 3 N–H and O–H groups in total. The van der Waals surface area contributed by atoms with E-state index in [1.807, 2.05) is 0 Å². The molecule has 2 atom stereocenters. The summed E-state index contributed by atoms with van der Waals surface area (Å²) in [5, 5.41) is 23.5. The summed E-state index contributed by atoms with van der Waals surface area (Å²) >= 11 is 0. The number of amides is 1. The first-order valence-corrected chi connectivity index (χ1v) is 38.7. The van der Waals surface area contributed by atoms with Crippen LogP contribution >= 0.6 is 0 Å². The quantitative estimate of drug-likeness (QED) is 0.0320. The molecule has 1 amide bonds. The maximum Gasteiger partial charge on any atom is 0.305 e. The van der Waals surface area contributed by atoms with Crippen LogP contribution < -0.4 is 5.32 Å². The molecule has 0 saturated heterocycles. The van der Waals surface area contributed by atoms with Gasteiger partial charge < -0.3 is 20.3 Å². The van der Waals surface area contributed by atoms with Crippen molar-refractivity contribution >= 4 is 11.9 Å². The highest BCUT2D eigenvalue weighted by molar-refractivity contribution is 5.76. The normalized spacial score (nSPS) is 12.7. The molecular formula is C79H151NO5. The third-order valence-corrected chi connectivity index (χ3v) is 18.2. The monoisotopic (exact) mass is 1190 g/mol. The Morgan fingerprint density at radius 1 is 0.329 bits per heavy atom. The first-order valence-electron chi connectivity index (χ1n) is 38.7. The fraction of sp³-hybridized carbons (Fsp3) is 0.899. The Morgan fingerprint density at radius 2 is 0.600 bits per heavy atom. The maximum absolute atomic E-state index is 12.6. The van der Waals surface area contributed by atoms with E-state index >= 15 is 0 Å². The molecule has 6 nitrogen and oxygen atoms in total. The lowest BCUT2D eigenvalue weighted by Gasteiger charge is -2.22. The topological polar surface area (TPSA) is 95.9 Å². The van der Waals surface area contributed by atoms with E-state index in [0.29, 0.717) is 25.9 Å². The molecule has 0 fully saturated rings. The van der Waals surface area contributed by atoms with Gasteiger partial charge in [-0.3, -0.25) is 9.59 Å². The van der Waals surface area contributed by atoms with Crippen LogP contribution in [-0.2, 0) is 14.3 Å². The van der Waals surface area contributed by atoms with Crippen LogP contribution in [0.15, 0.2) is 36.5 Å². The Hall–Kier alpha value is -1.92. The number of ether oxygens (including phenoxy) is 1. The van der Waals surface area contributed by atoms with E-state index in [2.05, 4.69) is 55.6 Å². The molecule has 2 unspecified atom stereocenters. The zero-order valence-corrected chi connectivity index (χ0v) is 57.6. The molecule has 0 rings (SSSR count). The molecule has 0 saturated carbocycles. The number of carbonyl (C=O) groups is 2. The van der Waals surface area contributed by atoms with Crippen molar-refractivity contribution < 1.29 is 24.5 Å². The Bertz CT molecular complexity index is 1380. The Balaban J connectivity index is 3.36. The van der Waals surface area contributed by atoms with Gasteiger partial charge in [0.25, 0.3) is 0 Å². The van der Waals surface area contributed by atoms with Crippen molar-refractivity contribution in [1.82, 2.24) is 5.32 Å². The summed E-state index contributed by atoms with van der Waals surface area (Å²) in [7, 11) is 0. The van der Waals surface area contributed by atoms with Gasteiger partial charge in [-0.05, 0) is 77.0 Å². The van der Waals surface area contributed by atoms with Crippen molar-refractivity contribution in [3.8, 4) is 0 Å². The van der Waals surface area contributed by atoms with Crippen molar-refractivity contribution in [3.05, 3.63) is 36.5 Å². The zero-order chi connectivity index (χ0) is 61.3. The SMILES string of the molecule is CCCC/C=C\C/C=C\CCCCCCCC(=O)OCCCCCCCCCCCCCC/C=C\CCCCCCCCCCCCCCCCCCC(=O)NC(CO)C(O)CCCCCCCCCCCCCCCCCCCCCCCC. The largest absolute Gasteiger partial charge is 0.466 e. The van der Waals surface area contributed by atoms with Gasteiger partial charge in [0.05, 0.1) is 25.4 Å². The Morgan fingerprint density at radius 3 is 0.941 bits per heavy atom. The average Bonchev–Trinajstić information content (AvgIpc) is 3.50. The van der Waals surface area contributed by atoms with Gasteiger partial charge in [-0.15, -0.1) is 0 Å². The van der Waals surface area contributed by atoms with E-state index in [0.717, 1.165) is 51.4 Å². The van der Waals surface area contributed by atoms with Gasteiger partial charge >= 0.3 is 5.97 Å². The van der Waals surface area contributed by atoms with Crippen LogP contribution in [0.4, 0.5) is 0 Å². The molecule has 0 aromatic heterocycles. The second-order valence-corrected chi connectivity index (χ2v) is 26.7. The molecule has 0 radical (unpaired) electrons. The molecule has 0 aliphatic rings. The standard InChI is InChI=1S/C79H151NO5/c1-3-5-7-9-11-13-15-17-19-20-21-22-35-38-41-44-47-51-55-59-63-67-71-77(82)76(75-81)80-78(83)72-68-64-60-56-52-48-45-42-39-36-33-31-29-27-25-23-24-26-28-30-32-34-37-40-43-46-50-54-58-62-66-70-74-85-79(84)73-69-65-61-57-53-49-18-16-14-12-10-8-6-4-2/h10,12,16,18,26,28,76-77,81-82H,3-9,11,13-15,17,19-25,27,29-75H2,1-2H3,(H,80,83)/b12-10-,18-16-,28-26-. The van der Waals surface area contributed by atoms with Gasteiger partial charge in [-0.25, -0.2) is 0 Å². The van der Waals surface area contributed by atoms with E-state index in [9.17, 15) is 19.8 Å². The van der Waals surface area contributed by atoms with Gasteiger partial charge in [0.15, 0.2) is 0 Å². The fourth-order valence-corrected chi connectivity index (χ4v) is 12.2. The van der Waals surface area contributed by atoms with E-state index < -0.39 is 12.1 Å². The number of aliphatic hydroxyl groups is 2. The number of allylic oxidation sites excluding steroid dienone is 6. The smallest absolute Gasteiger partial charge is 0.305 e. The van der Waals surface area contributed by atoms with E-state index in [1.54, 1.807) is 0 Å². The minimum atomic E-state index is -0.664. The molecule has 0 heterocycles. The molecule has 0 spiro atoms. The van der Waals surface area contributed by atoms with Crippen LogP contribution in [0.25, 0.3) is 0 Å². The Kier molecular flexibility index (Phi) is 72.9. The first kappa shape index (κ1) is 83.1. The molecule has 0 aliphatic carbocycles. The van der Waals surface area contributed by atoms with Crippen LogP contribution in [0.2, 0.25) is 0 Å². The number of aliphatic hydroxyl groups excluding tert-OH is 2. The number of hydrogen-bond acceptors (Lipinski definition) is 5. The van der Waals surface area contributed by atoms with Crippen LogP contribution in [0, 0.1) is 0 Å². The summed E-state index contributed by atoms with van der Waals surface area (Å²) in [6.07, 6.45) is 96.5. The summed E-state index contributed by atoms with van der Waals surface area (Å²) in [5.74, 6) is -0.0233. The molecule has 502 valence electrons.